The molecule has 0 aliphatic heterocycles. The fourth-order valence-electron chi connectivity index (χ4n) is 0.812. The number of hydrogen-bond acceptors (Lipinski definition) is 6. The molecule has 0 aromatic carbocycles. The Balaban J connectivity index is 3.97. The average molecular weight is 268 g/mol. The second-order valence-electron chi connectivity index (χ2n) is 3.14. The zero-order valence-electron chi connectivity index (χ0n) is 8.83. The SMILES string of the molecule is CCC(SSCC(N)C(=O)O)C(N)C(=O)O. The van der Waals surface area contributed by atoms with Crippen LogP contribution in [0.5, 0.6) is 0 Å². The fourth-order valence-corrected chi connectivity index (χ4v) is 3.69. The van der Waals surface area contributed by atoms with Gasteiger partial charge in [-0.05, 0) is 6.42 Å². The highest BCUT2D eigenvalue weighted by Crippen LogP contribution is 2.30. The van der Waals surface area contributed by atoms with Crippen molar-refractivity contribution in [2.45, 2.75) is 30.7 Å². The van der Waals surface area contributed by atoms with Gasteiger partial charge in [0.2, 0.25) is 0 Å². The summed E-state index contributed by atoms with van der Waals surface area (Å²) in [6, 6.07) is -1.88. The molecule has 0 spiro atoms. The van der Waals surface area contributed by atoms with Crippen LogP contribution in [-0.2, 0) is 9.59 Å². The van der Waals surface area contributed by atoms with Crippen molar-refractivity contribution in [3.63, 3.8) is 0 Å². The van der Waals surface area contributed by atoms with Crippen molar-refractivity contribution in [2.75, 3.05) is 5.75 Å². The molecule has 8 heteroatoms. The molecule has 0 heterocycles. The lowest BCUT2D eigenvalue weighted by Crippen LogP contribution is -2.39. The first-order valence-electron chi connectivity index (χ1n) is 4.65. The smallest absolute Gasteiger partial charge is 0.321 e. The van der Waals surface area contributed by atoms with Gasteiger partial charge in [0.25, 0.3) is 0 Å². The third-order valence-electron chi connectivity index (χ3n) is 1.84. The van der Waals surface area contributed by atoms with Gasteiger partial charge in [0.05, 0.1) is 0 Å². The first-order chi connectivity index (χ1) is 7.40. The van der Waals surface area contributed by atoms with Crippen LogP contribution >= 0.6 is 21.6 Å². The minimum Gasteiger partial charge on any atom is -0.480 e. The van der Waals surface area contributed by atoms with Crippen LogP contribution in [-0.4, -0.2) is 45.2 Å². The summed E-state index contributed by atoms with van der Waals surface area (Å²) in [6.45, 7) is 1.83. The summed E-state index contributed by atoms with van der Waals surface area (Å²) in [6.07, 6.45) is 0.605. The van der Waals surface area contributed by atoms with E-state index in [1.54, 1.807) is 0 Å². The molecular formula is C8H16N2O4S2. The van der Waals surface area contributed by atoms with Gasteiger partial charge in [-0.25, -0.2) is 0 Å². The lowest BCUT2D eigenvalue weighted by Gasteiger charge is -2.18. The maximum absolute atomic E-state index is 10.6. The highest BCUT2D eigenvalue weighted by molar-refractivity contribution is 8.77. The molecule has 3 unspecified atom stereocenters. The fraction of sp³-hybridized carbons (Fsp3) is 0.750. The van der Waals surface area contributed by atoms with Gasteiger partial charge in [0.1, 0.15) is 12.1 Å². The Kier molecular flexibility index (Phi) is 7.56. The molecule has 0 saturated heterocycles. The molecule has 0 saturated carbocycles. The van der Waals surface area contributed by atoms with Crippen LogP contribution in [0.15, 0.2) is 0 Å². The topological polar surface area (TPSA) is 127 Å². The summed E-state index contributed by atoms with van der Waals surface area (Å²) in [4.78, 5) is 21.1. The van der Waals surface area contributed by atoms with Crippen molar-refractivity contribution in [3.8, 4) is 0 Å². The highest BCUT2D eigenvalue weighted by atomic mass is 33.1. The predicted octanol–water partition coefficient (Wildman–Crippen LogP) is -0.0298. The maximum atomic E-state index is 10.6. The normalized spacial score (nSPS) is 16.4. The van der Waals surface area contributed by atoms with E-state index in [1.807, 2.05) is 6.92 Å². The van der Waals surface area contributed by atoms with E-state index in [0.29, 0.717) is 6.42 Å². The molecule has 6 N–H and O–H groups in total. The molecule has 0 bridgehead atoms. The van der Waals surface area contributed by atoms with E-state index in [1.165, 1.54) is 21.6 Å². The van der Waals surface area contributed by atoms with E-state index in [-0.39, 0.29) is 11.0 Å². The number of carboxylic acids is 2. The van der Waals surface area contributed by atoms with Crippen molar-refractivity contribution in [1.82, 2.24) is 0 Å². The Morgan fingerprint density at radius 3 is 2.19 bits per heavy atom. The van der Waals surface area contributed by atoms with Crippen molar-refractivity contribution in [3.05, 3.63) is 0 Å². The molecule has 6 nitrogen and oxygen atoms in total. The van der Waals surface area contributed by atoms with E-state index in [9.17, 15) is 9.59 Å². The standard InChI is InChI=1S/C8H16N2O4S2/c1-2-5(6(10)8(13)14)16-15-3-4(9)7(11)12/h4-6H,2-3,9-10H2,1H3,(H,11,12)(H,13,14). The first kappa shape index (κ1) is 15.6. The molecule has 0 aromatic rings. The third kappa shape index (κ3) is 5.59. The van der Waals surface area contributed by atoms with E-state index in [0.717, 1.165) is 0 Å². The van der Waals surface area contributed by atoms with Crippen LogP contribution in [0.1, 0.15) is 13.3 Å². The number of carboxylic acid groups (broad SMARTS) is 2. The first-order valence-corrected chi connectivity index (χ1v) is 7.03. The zero-order chi connectivity index (χ0) is 12.7. The zero-order valence-corrected chi connectivity index (χ0v) is 10.5. The van der Waals surface area contributed by atoms with Crippen molar-refractivity contribution >= 4 is 33.5 Å². The number of carbonyl (C=O) groups is 2. The predicted molar refractivity (Wildman–Crippen MR) is 65.4 cm³/mol. The molecule has 0 amide bonds. The number of nitrogens with two attached hydrogens (primary N) is 2. The van der Waals surface area contributed by atoms with Gasteiger partial charge in [-0.2, -0.15) is 0 Å². The molecule has 0 rings (SSSR count). The van der Waals surface area contributed by atoms with Gasteiger partial charge < -0.3 is 21.7 Å². The summed E-state index contributed by atoms with van der Waals surface area (Å²) in [5.41, 5.74) is 10.8. The van der Waals surface area contributed by atoms with Crippen molar-refractivity contribution < 1.29 is 19.8 Å². The van der Waals surface area contributed by atoms with Gasteiger partial charge >= 0.3 is 11.9 Å². The number of rotatable bonds is 8. The number of aliphatic carboxylic acids is 2. The van der Waals surface area contributed by atoms with Crippen molar-refractivity contribution in [1.29, 1.82) is 0 Å². The molecule has 0 radical (unpaired) electrons. The van der Waals surface area contributed by atoms with Crippen LogP contribution < -0.4 is 11.5 Å². The van der Waals surface area contributed by atoms with E-state index in [4.69, 9.17) is 21.7 Å². The Morgan fingerprint density at radius 1 is 1.25 bits per heavy atom. The van der Waals surface area contributed by atoms with Crippen LogP contribution in [0.4, 0.5) is 0 Å². The molecule has 0 aliphatic carbocycles. The lowest BCUT2D eigenvalue weighted by atomic mass is 10.2. The molecular weight excluding hydrogens is 252 g/mol. The van der Waals surface area contributed by atoms with Gasteiger partial charge in [-0.3, -0.25) is 9.59 Å². The molecule has 94 valence electrons. The van der Waals surface area contributed by atoms with Gasteiger partial charge in [-0.1, -0.05) is 28.5 Å². The molecule has 16 heavy (non-hydrogen) atoms. The van der Waals surface area contributed by atoms with Crippen LogP contribution in [0, 0.1) is 0 Å². The molecule has 3 atom stereocenters. The van der Waals surface area contributed by atoms with Crippen LogP contribution in [0.2, 0.25) is 0 Å². The maximum Gasteiger partial charge on any atom is 0.321 e. The summed E-state index contributed by atoms with van der Waals surface area (Å²) < 4.78 is 0. The summed E-state index contributed by atoms with van der Waals surface area (Å²) in [5, 5.41) is 17.0. The van der Waals surface area contributed by atoms with Crippen LogP contribution in [0.25, 0.3) is 0 Å². The average Bonchev–Trinajstić information content (AvgIpc) is 2.22. The quantitative estimate of drug-likeness (QED) is 0.452. The summed E-state index contributed by atoms with van der Waals surface area (Å²) in [7, 11) is 2.51. The van der Waals surface area contributed by atoms with Gasteiger partial charge in [0, 0.05) is 11.0 Å². The van der Waals surface area contributed by atoms with E-state index in [2.05, 4.69) is 0 Å². The highest BCUT2D eigenvalue weighted by Gasteiger charge is 2.24. The van der Waals surface area contributed by atoms with E-state index < -0.39 is 24.0 Å². The summed E-state index contributed by atoms with van der Waals surface area (Å²) in [5.74, 6) is -1.89. The Morgan fingerprint density at radius 2 is 1.81 bits per heavy atom. The summed E-state index contributed by atoms with van der Waals surface area (Å²) >= 11 is 0. The van der Waals surface area contributed by atoms with E-state index >= 15 is 0 Å². The minimum atomic E-state index is -1.07. The molecule has 0 fully saturated rings. The monoisotopic (exact) mass is 268 g/mol. The second kappa shape index (κ2) is 7.77. The minimum absolute atomic E-state index is 0.225. The lowest BCUT2D eigenvalue weighted by molar-refractivity contribution is -0.139. The van der Waals surface area contributed by atoms with Gasteiger partial charge in [0.15, 0.2) is 0 Å². The Hall–Kier alpha value is -0.440. The largest absolute Gasteiger partial charge is 0.480 e. The molecule has 0 aliphatic rings. The Bertz CT molecular complexity index is 252. The second-order valence-corrected chi connectivity index (χ2v) is 5.79. The van der Waals surface area contributed by atoms with Gasteiger partial charge in [-0.15, -0.1) is 0 Å². The van der Waals surface area contributed by atoms with Crippen molar-refractivity contribution in [2.24, 2.45) is 11.5 Å². The Labute approximate surface area is 102 Å². The molecule has 0 aromatic heterocycles. The number of hydrogen-bond donors (Lipinski definition) is 4. The van der Waals surface area contributed by atoms with Crippen LogP contribution in [0.3, 0.4) is 0 Å². The third-order valence-corrected chi connectivity index (χ3v) is 4.91.